The molecule has 2 aromatic rings. The number of rotatable bonds is 2. The van der Waals surface area contributed by atoms with Crippen molar-refractivity contribution in [2.24, 2.45) is 5.92 Å². The van der Waals surface area contributed by atoms with E-state index in [1.54, 1.807) is 18.5 Å². The first kappa shape index (κ1) is 20.4. The highest BCUT2D eigenvalue weighted by Crippen LogP contribution is 2.36. The highest BCUT2D eigenvalue weighted by Gasteiger charge is 2.45. The molecule has 160 valence electrons. The molecule has 2 aliphatic heterocycles. The fourth-order valence-corrected chi connectivity index (χ4v) is 4.54. The predicted molar refractivity (Wildman–Crippen MR) is 111 cm³/mol. The number of para-hydroxylation sites is 1. The third-order valence-corrected chi connectivity index (χ3v) is 5.90. The van der Waals surface area contributed by atoms with Crippen LogP contribution in [0.2, 0.25) is 0 Å². The highest BCUT2D eigenvalue weighted by molar-refractivity contribution is 5.98. The number of ether oxygens (including phenoxy) is 1. The van der Waals surface area contributed by atoms with Gasteiger partial charge in [-0.25, -0.2) is 4.79 Å². The lowest BCUT2D eigenvalue weighted by atomic mass is 9.87. The monoisotopic (exact) mass is 411 g/mol. The van der Waals surface area contributed by atoms with Crippen LogP contribution in [0.25, 0.3) is 5.69 Å². The second kappa shape index (κ2) is 7.74. The summed E-state index contributed by atoms with van der Waals surface area (Å²) in [5.41, 5.74) is 0.667. The largest absolute Gasteiger partial charge is 0.444 e. The van der Waals surface area contributed by atoms with Crippen molar-refractivity contribution in [2.45, 2.75) is 58.2 Å². The molecule has 0 unspecified atom stereocenters. The number of piperidine rings is 1. The maximum Gasteiger partial charge on any atom is 0.410 e. The first-order valence-corrected chi connectivity index (χ1v) is 10.5. The molecular weight excluding hydrogens is 382 g/mol. The molecule has 0 bridgehead atoms. The molecule has 1 aromatic carbocycles. The minimum Gasteiger partial charge on any atom is -0.444 e. The molecule has 0 N–H and O–H groups in total. The van der Waals surface area contributed by atoms with Gasteiger partial charge in [-0.15, -0.1) is 0 Å². The van der Waals surface area contributed by atoms with Gasteiger partial charge in [0.15, 0.2) is 0 Å². The Morgan fingerprint density at radius 2 is 1.80 bits per heavy atom. The van der Waals surface area contributed by atoms with Crippen LogP contribution in [0.4, 0.5) is 4.79 Å². The zero-order chi connectivity index (χ0) is 21.5. The van der Waals surface area contributed by atoms with E-state index in [1.165, 1.54) is 4.80 Å². The van der Waals surface area contributed by atoms with E-state index in [2.05, 4.69) is 17.1 Å². The van der Waals surface area contributed by atoms with E-state index in [4.69, 9.17) is 4.74 Å². The number of aromatic nitrogens is 3. The van der Waals surface area contributed by atoms with Crippen LogP contribution in [0.3, 0.4) is 0 Å². The molecule has 8 heteroatoms. The van der Waals surface area contributed by atoms with Gasteiger partial charge in [-0.05, 0) is 58.6 Å². The molecule has 3 heterocycles. The SMILES string of the molecule is C[C@@H]1C[C@H]2CCN(C(=O)OC(C)(C)C)[C@H]2CN1C(=O)c1ccccc1-n1nccn1. The molecule has 2 aliphatic rings. The lowest BCUT2D eigenvalue weighted by molar-refractivity contribution is 0.00712. The van der Waals surface area contributed by atoms with Gasteiger partial charge in [-0.2, -0.15) is 15.0 Å². The zero-order valence-corrected chi connectivity index (χ0v) is 18.0. The molecule has 2 saturated heterocycles. The highest BCUT2D eigenvalue weighted by atomic mass is 16.6. The summed E-state index contributed by atoms with van der Waals surface area (Å²) >= 11 is 0. The van der Waals surface area contributed by atoms with Crippen LogP contribution in [0, 0.1) is 5.92 Å². The predicted octanol–water partition coefficient (Wildman–Crippen LogP) is 3.13. The molecule has 0 radical (unpaired) electrons. The van der Waals surface area contributed by atoms with Gasteiger partial charge in [0.2, 0.25) is 0 Å². The molecule has 4 rings (SSSR count). The van der Waals surface area contributed by atoms with Crippen molar-refractivity contribution in [3.63, 3.8) is 0 Å². The van der Waals surface area contributed by atoms with Gasteiger partial charge in [-0.1, -0.05) is 12.1 Å². The lowest BCUT2D eigenvalue weighted by Gasteiger charge is -2.42. The van der Waals surface area contributed by atoms with Gasteiger partial charge < -0.3 is 14.5 Å². The Kier molecular flexibility index (Phi) is 5.26. The number of hydrogen-bond acceptors (Lipinski definition) is 5. The minimum atomic E-state index is -0.539. The normalized spacial score (nSPS) is 23.9. The molecule has 0 aliphatic carbocycles. The Labute approximate surface area is 176 Å². The lowest BCUT2D eigenvalue weighted by Crippen LogP contribution is -2.55. The number of hydrogen-bond donors (Lipinski definition) is 0. The molecule has 30 heavy (non-hydrogen) atoms. The summed E-state index contributed by atoms with van der Waals surface area (Å²) in [5.74, 6) is 0.324. The maximum absolute atomic E-state index is 13.5. The molecule has 0 saturated carbocycles. The second-order valence-electron chi connectivity index (χ2n) is 9.17. The van der Waals surface area contributed by atoms with Crippen molar-refractivity contribution in [3.8, 4) is 5.69 Å². The van der Waals surface area contributed by atoms with Gasteiger partial charge in [0, 0.05) is 19.1 Å². The van der Waals surface area contributed by atoms with Crippen molar-refractivity contribution < 1.29 is 14.3 Å². The molecule has 1 aromatic heterocycles. The smallest absolute Gasteiger partial charge is 0.410 e. The van der Waals surface area contributed by atoms with E-state index < -0.39 is 5.60 Å². The van der Waals surface area contributed by atoms with E-state index in [-0.39, 0.29) is 24.1 Å². The molecule has 8 nitrogen and oxygen atoms in total. The van der Waals surface area contributed by atoms with Crippen LogP contribution in [0.15, 0.2) is 36.7 Å². The average Bonchev–Trinajstić information content (AvgIpc) is 3.35. The third kappa shape index (κ3) is 3.91. The van der Waals surface area contributed by atoms with Crippen LogP contribution < -0.4 is 0 Å². The number of nitrogens with zero attached hydrogens (tertiary/aromatic N) is 5. The van der Waals surface area contributed by atoms with Crippen LogP contribution >= 0.6 is 0 Å². The van der Waals surface area contributed by atoms with Crippen molar-refractivity contribution in [3.05, 3.63) is 42.2 Å². The van der Waals surface area contributed by atoms with E-state index in [0.29, 0.717) is 30.3 Å². The Morgan fingerprint density at radius 1 is 1.10 bits per heavy atom. The Hall–Kier alpha value is -2.90. The quantitative estimate of drug-likeness (QED) is 0.758. The number of carbonyl (C=O) groups is 2. The zero-order valence-electron chi connectivity index (χ0n) is 18.0. The second-order valence-corrected chi connectivity index (χ2v) is 9.17. The minimum absolute atomic E-state index is 0.0185. The Morgan fingerprint density at radius 3 is 2.50 bits per heavy atom. The summed E-state index contributed by atoms with van der Waals surface area (Å²) in [5, 5.41) is 8.36. The van der Waals surface area contributed by atoms with Crippen LogP contribution in [-0.2, 0) is 4.74 Å². The summed E-state index contributed by atoms with van der Waals surface area (Å²) in [6.45, 7) is 8.88. The molecule has 2 fully saturated rings. The van der Waals surface area contributed by atoms with E-state index in [0.717, 1.165) is 12.8 Å². The number of likely N-dealkylation sites (tertiary alicyclic amines) is 2. The topological polar surface area (TPSA) is 80.6 Å². The van der Waals surface area contributed by atoms with Crippen molar-refractivity contribution in [1.29, 1.82) is 0 Å². The van der Waals surface area contributed by atoms with E-state index >= 15 is 0 Å². The van der Waals surface area contributed by atoms with Gasteiger partial charge in [0.05, 0.1) is 29.7 Å². The summed E-state index contributed by atoms with van der Waals surface area (Å²) < 4.78 is 5.61. The molecule has 3 atom stereocenters. The van der Waals surface area contributed by atoms with Gasteiger partial charge in [0.1, 0.15) is 5.60 Å². The van der Waals surface area contributed by atoms with Crippen LogP contribution in [-0.4, -0.2) is 67.6 Å². The van der Waals surface area contributed by atoms with Crippen molar-refractivity contribution in [2.75, 3.05) is 13.1 Å². The maximum atomic E-state index is 13.5. The third-order valence-electron chi connectivity index (χ3n) is 5.90. The number of benzene rings is 1. The number of fused-ring (bicyclic) bond motifs is 1. The molecular formula is C22H29N5O3. The Bertz CT molecular complexity index is 921. The molecule has 0 spiro atoms. The average molecular weight is 412 g/mol. The first-order chi connectivity index (χ1) is 14.2. The van der Waals surface area contributed by atoms with Crippen molar-refractivity contribution >= 4 is 12.0 Å². The summed E-state index contributed by atoms with van der Waals surface area (Å²) in [7, 11) is 0. The summed E-state index contributed by atoms with van der Waals surface area (Å²) in [4.78, 5) is 31.4. The number of amides is 2. The fraction of sp³-hybridized carbons (Fsp3) is 0.545. The van der Waals surface area contributed by atoms with Crippen LogP contribution in [0.5, 0.6) is 0 Å². The standard InChI is InChI=1S/C22H29N5O3/c1-15-13-16-9-12-25(21(29)30-22(2,3)4)19(16)14-26(15)20(28)17-7-5-6-8-18(17)27-23-10-11-24-27/h5-8,10-11,15-16,19H,9,12-14H2,1-4H3/t15-,16-,19+/m1/s1. The first-order valence-electron chi connectivity index (χ1n) is 10.5. The van der Waals surface area contributed by atoms with Gasteiger partial charge in [-0.3, -0.25) is 4.79 Å². The van der Waals surface area contributed by atoms with Crippen LogP contribution in [0.1, 0.15) is 50.9 Å². The summed E-state index contributed by atoms with van der Waals surface area (Å²) in [6.07, 6.45) is 4.71. The van der Waals surface area contributed by atoms with E-state index in [1.807, 2.05) is 48.8 Å². The van der Waals surface area contributed by atoms with E-state index in [9.17, 15) is 9.59 Å². The Balaban J connectivity index is 1.57. The fourth-order valence-electron chi connectivity index (χ4n) is 4.54. The van der Waals surface area contributed by atoms with Crippen molar-refractivity contribution in [1.82, 2.24) is 24.8 Å². The number of carbonyl (C=O) groups excluding carboxylic acids is 2. The van der Waals surface area contributed by atoms with Gasteiger partial charge >= 0.3 is 6.09 Å². The summed E-state index contributed by atoms with van der Waals surface area (Å²) in [6, 6.07) is 7.44. The molecule has 2 amide bonds. The van der Waals surface area contributed by atoms with Gasteiger partial charge in [0.25, 0.3) is 5.91 Å².